The van der Waals surface area contributed by atoms with Crippen LogP contribution in [0.25, 0.3) is 5.69 Å². The van der Waals surface area contributed by atoms with Crippen molar-refractivity contribution in [1.29, 1.82) is 0 Å². The van der Waals surface area contributed by atoms with Gasteiger partial charge in [-0.15, -0.1) is 0 Å². The number of hydrogen-bond acceptors (Lipinski definition) is 3. The van der Waals surface area contributed by atoms with Crippen LogP contribution in [-0.2, 0) is 11.2 Å². The smallest absolute Gasteiger partial charge is 0.303 e. The summed E-state index contributed by atoms with van der Waals surface area (Å²) in [6.45, 7) is 6.09. The van der Waals surface area contributed by atoms with Crippen molar-refractivity contribution in [3.8, 4) is 5.69 Å². The lowest BCUT2D eigenvalue weighted by atomic mass is 10.0. The van der Waals surface area contributed by atoms with Gasteiger partial charge >= 0.3 is 5.97 Å². The predicted molar refractivity (Wildman–Crippen MR) is 113 cm³/mol. The van der Waals surface area contributed by atoms with Crippen molar-refractivity contribution >= 4 is 17.6 Å². The number of anilines is 1. The molecule has 0 aliphatic heterocycles. The zero-order valence-corrected chi connectivity index (χ0v) is 16.8. The van der Waals surface area contributed by atoms with E-state index in [0.29, 0.717) is 17.7 Å². The van der Waals surface area contributed by atoms with Gasteiger partial charge in [0.25, 0.3) is 5.91 Å². The second-order valence-corrected chi connectivity index (χ2v) is 7.34. The van der Waals surface area contributed by atoms with Crippen LogP contribution in [0.3, 0.4) is 0 Å². The van der Waals surface area contributed by atoms with Crippen molar-refractivity contribution < 1.29 is 14.7 Å². The monoisotopic (exact) mass is 391 g/mol. The van der Waals surface area contributed by atoms with E-state index in [1.165, 1.54) is 0 Å². The number of aromatic nitrogens is 2. The Hall–Kier alpha value is -3.41. The number of hydrogen-bond donors (Lipinski definition) is 2. The van der Waals surface area contributed by atoms with E-state index in [4.69, 9.17) is 5.11 Å². The minimum Gasteiger partial charge on any atom is -0.481 e. The van der Waals surface area contributed by atoms with E-state index >= 15 is 0 Å². The third kappa shape index (κ3) is 4.71. The van der Waals surface area contributed by atoms with Crippen LogP contribution in [0, 0.1) is 6.92 Å². The Morgan fingerprint density at radius 2 is 1.90 bits per heavy atom. The van der Waals surface area contributed by atoms with E-state index in [1.807, 2.05) is 67.9 Å². The number of carbonyl (C=O) groups is 2. The Bertz CT molecular complexity index is 1040. The van der Waals surface area contributed by atoms with Gasteiger partial charge in [-0.2, -0.15) is 5.10 Å². The maximum Gasteiger partial charge on any atom is 0.303 e. The number of carboxylic acid groups (broad SMARTS) is 1. The first-order chi connectivity index (χ1) is 13.9. The van der Waals surface area contributed by atoms with Crippen molar-refractivity contribution in [3.05, 3.63) is 77.1 Å². The highest BCUT2D eigenvalue weighted by Gasteiger charge is 2.21. The van der Waals surface area contributed by atoms with Gasteiger partial charge in [0.2, 0.25) is 0 Å². The highest BCUT2D eigenvalue weighted by molar-refractivity contribution is 6.05. The second kappa shape index (κ2) is 8.73. The zero-order valence-electron chi connectivity index (χ0n) is 16.8. The van der Waals surface area contributed by atoms with E-state index < -0.39 is 5.97 Å². The van der Waals surface area contributed by atoms with Crippen molar-refractivity contribution in [2.24, 2.45) is 0 Å². The molecule has 0 aliphatic rings. The van der Waals surface area contributed by atoms with E-state index in [-0.39, 0.29) is 18.2 Å². The molecule has 6 heteroatoms. The molecule has 0 spiro atoms. The number of aliphatic carboxylic acids is 1. The fourth-order valence-electron chi connectivity index (χ4n) is 3.34. The second-order valence-electron chi connectivity index (χ2n) is 7.34. The molecule has 0 fully saturated rings. The lowest BCUT2D eigenvalue weighted by molar-refractivity contribution is -0.136. The van der Waals surface area contributed by atoms with E-state index in [2.05, 4.69) is 10.4 Å². The summed E-state index contributed by atoms with van der Waals surface area (Å²) >= 11 is 0. The molecule has 0 radical (unpaired) electrons. The molecule has 0 bridgehead atoms. The topological polar surface area (TPSA) is 84.2 Å². The molecule has 1 aromatic heterocycles. The van der Waals surface area contributed by atoms with Crippen LogP contribution >= 0.6 is 0 Å². The molecule has 3 rings (SSSR count). The quantitative estimate of drug-likeness (QED) is 0.618. The standard InChI is InChI=1S/C23H25N3O3/c1-15(2)22-19(14-24-26(22)20-10-5-4-7-16(20)3)23(29)25-18-9-6-8-17(13-18)11-12-21(27)28/h4-10,13-15H,11-12H2,1-3H3,(H,25,29)(H,27,28). The van der Waals surface area contributed by atoms with Gasteiger partial charge < -0.3 is 10.4 Å². The Kier molecular flexibility index (Phi) is 6.12. The molecule has 2 N–H and O–H groups in total. The summed E-state index contributed by atoms with van der Waals surface area (Å²) in [7, 11) is 0. The van der Waals surface area contributed by atoms with Crippen molar-refractivity contribution in [2.75, 3.05) is 5.32 Å². The molecular weight excluding hydrogens is 366 g/mol. The van der Waals surface area contributed by atoms with E-state index in [1.54, 1.807) is 12.3 Å². The first kappa shape index (κ1) is 20.3. The van der Waals surface area contributed by atoms with Gasteiger partial charge in [-0.25, -0.2) is 4.68 Å². The Morgan fingerprint density at radius 3 is 2.59 bits per heavy atom. The van der Waals surface area contributed by atoms with Crippen LogP contribution in [0.15, 0.2) is 54.7 Å². The maximum absolute atomic E-state index is 13.0. The van der Waals surface area contributed by atoms with Crippen molar-refractivity contribution in [3.63, 3.8) is 0 Å². The lowest BCUT2D eigenvalue weighted by Gasteiger charge is -2.14. The first-order valence-corrected chi connectivity index (χ1v) is 9.63. The summed E-state index contributed by atoms with van der Waals surface area (Å²) in [5.74, 6) is -0.978. The minimum atomic E-state index is -0.843. The number of benzene rings is 2. The number of carboxylic acids is 1. The molecule has 0 saturated heterocycles. The zero-order chi connectivity index (χ0) is 21.0. The summed E-state index contributed by atoms with van der Waals surface area (Å²) < 4.78 is 1.83. The molecule has 0 saturated carbocycles. The van der Waals surface area contributed by atoms with E-state index in [9.17, 15) is 9.59 Å². The molecule has 1 amide bonds. The first-order valence-electron chi connectivity index (χ1n) is 9.63. The van der Waals surface area contributed by atoms with Gasteiger partial charge in [-0.1, -0.05) is 44.2 Å². The van der Waals surface area contributed by atoms with Crippen LogP contribution < -0.4 is 5.32 Å². The van der Waals surface area contributed by atoms with Gasteiger partial charge in [-0.05, 0) is 48.6 Å². The molecule has 6 nitrogen and oxygen atoms in total. The fourth-order valence-corrected chi connectivity index (χ4v) is 3.34. The van der Waals surface area contributed by atoms with Crippen LogP contribution in [0.1, 0.15) is 53.4 Å². The van der Waals surface area contributed by atoms with Crippen LogP contribution in [0.2, 0.25) is 0 Å². The van der Waals surface area contributed by atoms with Gasteiger partial charge in [0.15, 0.2) is 0 Å². The molecule has 29 heavy (non-hydrogen) atoms. The molecule has 0 unspecified atom stereocenters. The molecule has 2 aromatic carbocycles. The molecule has 150 valence electrons. The number of carbonyl (C=O) groups excluding carboxylic acids is 1. The van der Waals surface area contributed by atoms with Crippen LogP contribution in [-0.4, -0.2) is 26.8 Å². The Labute approximate surface area is 170 Å². The average molecular weight is 391 g/mol. The highest BCUT2D eigenvalue weighted by Crippen LogP contribution is 2.25. The van der Waals surface area contributed by atoms with Gasteiger partial charge in [0.1, 0.15) is 0 Å². The SMILES string of the molecule is Cc1ccccc1-n1ncc(C(=O)Nc2cccc(CCC(=O)O)c2)c1C(C)C. The largest absolute Gasteiger partial charge is 0.481 e. The maximum atomic E-state index is 13.0. The third-order valence-electron chi connectivity index (χ3n) is 4.75. The normalized spacial score (nSPS) is 10.9. The summed E-state index contributed by atoms with van der Waals surface area (Å²) in [6, 6.07) is 15.2. The molecule has 0 aliphatic carbocycles. The summed E-state index contributed by atoms with van der Waals surface area (Å²) in [4.78, 5) is 23.8. The number of nitrogens with zero attached hydrogens (tertiary/aromatic N) is 2. The highest BCUT2D eigenvalue weighted by atomic mass is 16.4. The van der Waals surface area contributed by atoms with Gasteiger partial charge in [0.05, 0.1) is 23.1 Å². The molecule has 3 aromatic rings. The number of rotatable bonds is 7. The van der Waals surface area contributed by atoms with Crippen LogP contribution in [0.5, 0.6) is 0 Å². The Balaban J connectivity index is 1.88. The summed E-state index contributed by atoms with van der Waals surface area (Å²) in [5, 5.41) is 16.3. The van der Waals surface area contributed by atoms with Crippen molar-refractivity contribution in [1.82, 2.24) is 9.78 Å². The minimum absolute atomic E-state index is 0.0537. The summed E-state index contributed by atoms with van der Waals surface area (Å²) in [5.41, 5.74) is 4.90. The van der Waals surface area contributed by atoms with Crippen molar-refractivity contribution in [2.45, 2.75) is 39.5 Å². The lowest BCUT2D eigenvalue weighted by Crippen LogP contribution is -2.16. The third-order valence-corrected chi connectivity index (χ3v) is 4.75. The predicted octanol–water partition coefficient (Wildman–Crippen LogP) is 4.57. The molecule has 0 atom stereocenters. The number of aryl methyl sites for hydroxylation is 2. The Morgan fingerprint density at radius 1 is 1.14 bits per heavy atom. The average Bonchev–Trinajstić information content (AvgIpc) is 3.12. The number of amides is 1. The van der Waals surface area contributed by atoms with Crippen LogP contribution in [0.4, 0.5) is 5.69 Å². The van der Waals surface area contributed by atoms with Gasteiger partial charge in [-0.3, -0.25) is 9.59 Å². The number of nitrogens with one attached hydrogen (secondary N) is 1. The molecule has 1 heterocycles. The fraction of sp³-hybridized carbons (Fsp3) is 0.261. The van der Waals surface area contributed by atoms with E-state index in [0.717, 1.165) is 22.5 Å². The molecular formula is C23H25N3O3. The number of para-hydroxylation sites is 1. The summed E-state index contributed by atoms with van der Waals surface area (Å²) in [6.07, 6.45) is 2.07. The van der Waals surface area contributed by atoms with Gasteiger partial charge in [0, 0.05) is 12.1 Å².